The zero-order valence-electron chi connectivity index (χ0n) is 12.0. The molecule has 0 saturated heterocycles. The lowest BCUT2D eigenvalue weighted by molar-refractivity contribution is 0.0591. The van der Waals surface area contributed by atoms with E-state index in [1.165, 1.54) is 7.11 Å². The van der Waals surface area contributed by atoms with Crippen molar-refractivity contribution in [2.45, 2.75) is 13.5 Å². The van der Waals surface area contributed by atoms with E-state index in [1.54, 1.807) is 6.92 Å². The van der Waals surface area contributed by atoms with Crippen molar-refractivity contribution in [3.05, 3.63) is 56.0 Å². The largest absolute Gasteiger partial charge is 0.506 e. The number of phenolic OH excluding ortho intramolecular Hbond substituents is 1. The van der Waals surface area contributed by atoms with Gasteiger partial charge in [0, 0.05) is 0 Å². The van der Waals surface area contributed by atoms with Gasteiger partial charge in [0.05, 0.1) is 16.1 Å². The maximum Gasteiger partial charge on any atom is 0.345 e. The van der Waals surface area contributed by atoms with E-state index in [1.807, 2.05) is 30.3 Å². The summed E-state index contributed by atoms with van der Waals surface area (Å²) in [6.45, 7) is 2.06. The van der Waals surface area contributed by atoms with Gasteiger partial charge in [0.2, 0.25) is 0 Å². The summed E-state index contributed by atoms with van der Waals surface area (Å²) in [4.78, 5) is 12.0. The third-order valence-electron chi connectivity index (χ3n) is 3.15. The lowest BCUT2D eigenvalue weighted by Gasteiger charge is -2.17. The lowest BCUT2D eigenvalue weighted by Crippen LogP contribution is -2.08. The number of carbonyl (C=O) groups is 1. The minimum Gasteiger partial charge on any atom is -0.506 e. The molecular weight excluding hydrogens is 416 g/mol. The molecule has 0 aromatic heterocycles. The van der Waals surface area contributed by atoms with Gasteiger partial charge in [-0.1, -0.05) is 30.3 Å². The fourth-order valence-corrected chi connectivity index (χ4v) is 3.10. The Kier molecular flexibility index (Phi) is 5.47. The number of methoxy groups -OCH3 is 1. The predicted molar refractivity (Wildman–Crippen MR) is 90.4 cm³/mol. The topological polar surface area (TPSA) is 55.8 Å². The van der Waals surface area contributed by atoms with Gasteiger partial charge in [-0.25, -0.2) is 4.79 Å². The van der Waals surface area contributed by atoms with Crippen LogP contribution in [0, 0.1) is 6.92 Å². The van der Waals surface area contributed by atoms with Crippen LogP contribution in [-0.4, -0.2) is 18.2 Å². The highest BCUT2D eigenvalue weighted by atomic mass is 79.9. The van der Waals surface area contributed by atoms with Gasteiger partial charge in [-0.2, -0.15) is 0 Å². The molecule has 6 heteroatoms. The zero-order chi connectivity index (χ0) is 16.3. The van der Waals surface area contributed by atoms with Gasteiger partial charge in [0.15, 0.2) is 5.75 Å². The van der Waals surface area contributed by atoms with E-state index in [2.05, 4.69) is 31.9 Å². The maximum absolute atomic E-state index is 12.0. The summed E-state index contributed by atoms with van der Waals surface area (Å²) >= 11 is 6.68. The molecule has 0 radical (unpaired) electrons. The second kappa shape index (κ2) is 7.15. The fourth-order valence-electron chi connectivity index (χ4n) is 1.93. The molecule has 2 aromatic carbocycles. The average molecular weight is 430 g/mol. The summed E-state index contributed by atoms with van der Waals surface area (Å²) in [5.41, 5.74) is 1.67. The lowest BCUT2D eigenvalue weighted by atomic mass is 10.1. The Morgan fingerprint density at radius 1 is 1.18 bits per heavy atom. The van der Waals surface area contributed by atoms with Crippen LogP contribution >= 0.6 is 31.9 Å². The van der Waals surface area contributed by atoms with Crippen LogP contribution in [0.3, 0.4) is 0 Å². The summed E-state index contributed by atoms with van der Waals surface area (Å²) in [6.07, 6.45) is 0. The first-order valence-electron chi connectivity index (χ1n) is 6.43. The van der Waals surface area contributed by atoms with Crippen LogP contribution in [0.2, 0.25) is 0 Å². The van der Waals surface area contributed by atoms with Crippen molar-refractivity contribution in [3.63, 3.8) is 0 Å². The number of aromatic hydroxyl groups is 1. The minimum atomic E-state index is -0.665. The number of halogens is 2. The van der Waals surface area contributed by atoms with E-state index in [4.69, 9.17) is 9.47 Å². The highest BCUT2D eigenvalue weighted by Gasteiger charge is 2.26. The maximum atomic E-state index is 12.0. The Hall–Kier alpha value is -1.53. The molecule has 0 saturated carbocycles. The van der Waals surface area contributed by atoms with Crippen molar-refractivity contribution in [3.8, 4) is 11.5 Å². The number of rotatable bonds is 4. The second-order valence-corrected chi connectivity index (χ2v) is 6.16. The van der Waals surface area contributed by atoms with Gasteiger partial charge in [-0.3, -0.25) is 0 Å². The quantitative estimate of drug-likeness (QED) is 0.722. The summed E-state index contributed by atoms with van der Waals surface area (Å²) in [5, 5.41) is 10.2. The van der Waals surface area contributed by atoms with Gasteiger partial charge in [0.25, 0.3) is 0 Å². The number of hydrogen-bond acceptors (Lipinski definition) is 4. The fraction of sp³-hybridized carbons (Fsp3) is 0.188. The summed E-state index contributed by atoms with van der Waals surface area (Å²) in [5.74, 6) is -0.605. The third kappa shape index (κ3) is 3.28. The van der Waals surface area contributed by atoms with Crippen molar-refractivity contribution < 1.29 is 19.4 Å². The first kappa shape index (κ1) is 16.8. The van der Waals surface area contributed by atoms with Crippen molar-refractivity contribution in [2.75, 3.05) is 7.11 Å². The average Bonchev–Trinajstić information content (AvgIpc) is 2.55. The number of carbonyl (C=O) groups excluding carboxylic acids is 1. The van der Waals surface area contributed by atoms with Crippen LogP contribution in [0.25, 0.3) is 0 Å². The normalized spacial score (nSPS) is 10.4. The highest BCUT2D eigenvalue weighted by Crippen LogP contribution is 2.44. The predicted octanol–water partition coefficient (Wildman–Crippen LogP) is 4.59. The number of phenols is 1. The molecule has 2 aromatic rings. The highest BCUT2D eigenvalue weighted by molar-refractivity contribution is 9.11. The number of esters is 1. The Morgan fingerprint density at radius 3 is 2.41 bits per heavy atom. The number of hydrogen-bond donors (Lipinski definition) is 1. The van der Waals surface area contributed by atoms with E-state index in [0.717, 1.165) is 11.1 Å². The van der Waals surface area contributed by atoms with Gasteiger partial charge >= 0.3 is 5.97 Å². The first-order chi connectivity index (χ1) is 10.5. The standard InChI is InChI=1S/C16H14Br2O4/c1-9-12(17)14(19)11(16(20)21-2)15(13(9)18)22-8-10-6-4-3-5-7-10/h3-7,19H,8H2,1-2H3. The molecule has 0 aliphatic heterocycles. The first-order valence-corrected chi connectivity index (χ1v) is 8.01. The number of benzene rings is 2. The zero-order valence-corrected chi connectivity index (χ0v) is 15.2. The summed E-state index contributed by atoms with van der Waals surface area (Å²) < 4.78 is 11.5. The third-order valence-corrected chi connectivity index (χ3v) is 5.07. The molecule has 116 valence electrons. The Bertz CT molecular complexity index is 699. The molecular formula is C16H14Br2O4. The molecule has 0 bridgehead atoms. The smallest absolute Gasteiger partial charge is 0.345 e. The van der Waals surface area contributed by atoms with E-state index in [9.17, 15) is 9.90 Å². The van der Waals surface area contributed by atoms with E-state index in [-0.39, 0.29) is 23.7 Å². The molecule has 0 amide bonds. The molecule has 22 heavy (non-hydrogen) atoms. The van der Waals surface area contributed by atoms with Gasteiger partial charge in [-0.15, -0.1) is 0 Å². The van der Waals surface area contributed by atoms with Crippen molar-refractivity contribution >= 4 is 37.8 Å². The molecule has 0 heterocycles. The van der Waals surface area contributed by atoms with Crippen LogP contribution in [0.15, 0.2) is 39.3 Å². The molecule has 0 aliphatic carbocycles. The molecule has 0 aliphatic rings. The Labute approximate surface area is 145 Å². The Morgan fingerprint density at radius 2 is 1.82 bits per heavy atom. The molecule has 0 atom stereocenters. The molecule has 0 unspecified atom stereocenters. The van der Waals surface area contributed by atoms with Crippen LogP contribution in [0.1, 0.15) is 21.5 Å². The molecule has 4 nitrogen and oxygen atoms in total. The van der Waals surface area contributed by atoms with Crippen LogP contribution in [0.4, 0.5) is 0 Å². The van der Waals surface area contributed by atoms with Crippen molar-refractivity contribution in [1.29, 1.82) is 0 Å². The van der Waals surface area contributed by atoms with Gasteiger partial charge in [0.1, 0.15) is 17.9 Å². The van der Waals surface area contributed by atoms with E-state index in [0.29, 0.717) is 8.95 Å². The van der Waals surface area contributed by atoms with Crippen molar-refractivity contribution in [2.24, 2.45) is 0 Å². The van der Waals surface area contributed by atoms with Crippen LogP contribution in [0.5, 0.6) is 11.5 Å². The molecule has 0 fully saturated rings. The van der Waals surface area contributed by atoms with Crippen molar-refractivity contribution in [1.82, 2.24) is 0 Å². The molecule has 0 spiro atoms. The van der Waals surface area contributed by atoms with E-state index < -0.39 is 5.97 Å². The van der Waals surface area contributed by atoms with E-state index >= 15 is 0 Å². The Balaban J connectivity index is 2.46. The molecule has 2 rings (SSSR count). The number of ether oxygens (including phenoxy) is 2. The summed E-state index contributed by atoms with van der Waals surface area (Å²) in [6, 6.07) is 9.54. The van der Waals surface area contributed by atoms with Gasteiger partial charge < -0.3 is 14.6 Å². The van der Waals surface area contributed by atoms with Crippen LogP contribution in [-0.2, 0) is 11.3 Å². The van der Waals surface area contributed by atoms with Gasteiger partial charge in [-0.05, 0) is 49.9 Å². The SMILES string of the molecule is COC(=O)c1c(O)c(Br)c(C)c(Br)c1OCc1ccccc1. The molecule has 1 N–H and O–H groups in total. The monoisotopic (exact) mass is 428 g/mol. The second-order valence-electron chi connectivity index (χ2n) is 4.57. The summed E-state index contributed by atoms with van der Waals surface area (Å²) in [7, 11) is 1.25. The minimum absolute atomic E-state index is 0.0113. The van der Waals surface area contributed by atoms with Crippen LogP contribution < -0.4 is 4.74 Å².